The summed E-state index contributed by atoms with van der Waals surface area (Å²) in [6, 6.07) is 15.1. The van der Waals surface area contributed by atoms with Gasteiger partial charge in [0.25, 0.3) is 5.91 Å². The van der Waals surface area contributed by atoms with Crippen molar-refractivity contribution >= 4 is 23.0 Å². The summed E-state index contributed by atoms with van der Waals surface area (Å²) in [6.07, 6.45) is 3.23. The first-order chi connectivity index (χ1) is 12.5. The molecule has 0 aliphatic rings. The van der Waals surface area contributed by atoms with E-state index in [1.807, 2.05) is 24.3 Å². The average molecular weight is 347 g/mol. The lowest BCUT2D eigenvalue weighted by Crippen LogP contribution is -2.12. The summed E-state index contributed by atoms with van der Waals surface area (Å²) in [7, 11) is 1.59. The molecule has 0 saturated carbocycles. The summed E-state index contributed by atoms with van der Waals surface area (Å²) in [5.41, 5.74) is 5.30. The zero-order chi connectivity index (χ0) is 18.5. The van der Waals surface area contributed by atoms with E-state index in [2.05, 4.69) is 41.6 Å². The SMILES string of the molecule is COc1cccc(NC(=O)c2cncc(Nc3ccc(C)c(C)c3)c2)c1. The van der Waals surface area contributed by atoms with E-state index in [0.717, 1.165) is 11.4 Å². The van der Waals surface area contributed by atoms with E-state index in [1.165, 1.54) is 11.1 Å². The molecule has 0 aliphatic carbocycles. The zero-order valence-corrected chi connectivity index (χ0v) is 15.0. The van der Waals surface area contributed by atoms with Gasteiger partial charge in [-0.05, 0) is 55.3 Å². The second-order valence-corrected chi connectivity index (χ2v) is 6.07. The van der Waals surface area contributed by atoms with Gasteiger partial charge in [0.2, 0.25) is 0 Å². The van der Waals surface area contributed by atoms with Crippen LogP contribution < -0.4 is 15.4 Å². The molecule has 3 aromatic rings. The normalized spacial score (nSPS) is 10.3. The molecule has 0 saturated heterocycles. The number of aryl methyl sites for hydroxylation is 2. The Kier molecular flexibility index (Phi) is 5.17. The van der Waals surface area contributed by atoms with Crippen LogP contribution in [0.15, 0.2) is 60.9 Å². The van der Waals surface area contributed by atoms with Crippen LogP contribution in [0, 0.1) is 13.8 Å². The van der Waals surface area contributed by atoms with E-state index in [4.69, 9.17) is 4.74 Å². The molecule has 0 unspecified atom stereocenters. The Balaban J connectivity index is 1.75. The van der Waals surface area contributed by atoms with E-state index in [9.17, 15) is 4.79 Å². The third-order valence-corrected chi connectivity index (χ3v) is 4.12. The number of amides is 1. The van der Waals surface area contributed by atoms with Crippen LogP contribution in [-0.2, 0) is 0 Å². The third-order valence-electron chi connectivity index (χ3n) is 4.12. The van der Waals surface area contributed by atoms with Gasteiger partial charge in [-0.15, -0.1) is 0 Å². The van der Waals surface area contributed by atoms with E-state index >= 15 is 0 Å². The number of ether oxygens (including phenoxy) is 1. The first kappa shape index (κ1) is 17.5. The van der Waals surface area contributed by atoms with Crippen LogP contribution in [0.1, 0.15) is 21.5 Å². The number of benzene rings is 2. The summed E-state index contributed by atoms with van der Waals surface area (Å²) in [5, 5.41) is 6.14. The summed E-state index contributed by atoms with van der Waals surface area (Å²) in [4.78, 5) is 16.7. The van der Waals surface area contributed by atoms with Crippen molar-refractivity contribution in [3.8, 4) is 5.75 Å². The predicted molar refractivity (Wildman–Crippen MR) is 104 cm³/mol. The first-order valence-corrected chi connectivity index (χ1v) is 8.30. The highest BCUT2D eigenvalue weighted by Gasteiger charge is 2.08. The third kappa shape index (κ3) is 4.19. The fraction of sp³-hybridized carbons (Fsp3) is 0.143. The monoisotopic (exact) mass is 347 g/mol. The molecule has 2 aromatic carbocycles. The van der Waals surface area contributed by atoms with Crippen molar-refractivity contribution in [2.75, 3.05) is 17.7 Å². The molecule has 132 valence electrons. The van der Waals surface area contributed by atoms with Crippen LogP contribution in [0.25, 0.3) is 0 Å². The number of hydrogen-bond donors (Lipinski definition) is 2. The van der Waals surface area contributed by atoms with E-state index in [1.54, 1.807) is 31.6 Å². The summed E-state index contributed by atoms with van der Waals surface area (Å²) in [6.45, 7) is 4.14. The van der Waals surface area contributed by atoms with Crippen molar-refractivity contribution in [1.82, 2.24) is 4.98 Å². The minimum atomic E-state index is -0.227. The van der Waals surface area contributed by atoms with Gasteiger partial charge >= 0.3 is 0 Å². The highest BCUT2D eigenvalue weighted by Crippen LogP contribution is 2.21. The Hall–Kier alpha value is -3.34. The standard InChI is InChI=1S/C21H21N3O2/c1-14-7-8-18(9-15(14)2)23-19-10-16(12-22-13-19)21(25)24-17-5-4-6-20(11-17)26-3/h4-13,23H,1-3H3,(H,24,25). The smallest absolute Gasteiger partial charge is 0.257 e. The molecule has 5 nitrogen and oxygen atoms in total. The van der Waals surface area contributed by atoms with Gasteiger partial charge in [0.05, 0.1) is 24.6 Å². The van der Waals surface area contributed by atoms with Gasteiger partial charge in [0.15, 0.2) is 0 Å². The lowest BCUT2D eigenvalue weighted by molar-refractivity contribution is 0.102. The first-order valence-electron chi connectivity index (χ1n) is 8.30. The summed E-state index contributed by atoms with van der Waals surface area (Å²) >= 11 is 0. The molecule has 0 spiro atoms. The Morgan fingerprint density at radius 1 is 0.923 bits per heavy atom. The van der Waals surface area contributed by atoms with Gasteiger partial charge in [0.1, 0.15) is 5.75 Å². The molecule has 1 heterocycles. The molecule has 0 fully saturated rings. The van der Waals surface area contributed by atoms with Gasteiger partial charge in [-0.3, -0.25) is 9.78 Å². The molecule has 1 amide bonds. The Morgan fingerprint density at radius 3 is 2.54 bits per heavy atom. The predicted octanol–water partition coefficient (Wildman–Crippen LogP) is 4.70. The van der Waals surface area contributed by atoms with Crippen LogP contribution >= 0.6 is 0 Å². The van der Waals surface area contributed by atoms with Gasteiger partial charge in [-0.1, -0.05) is 12.1 Å². The summed E-state index contributed by atoms with van der Waals surface area (Å²) < 4.78 is 5.17. The Labute approximate surface area is 153 Å². The highest BCUT2D eigenvalue weighted by atomic mass is 16.5. The molecule has 0 aliphatic heterocycles. The second kappa shape index (κ2) is 7.70. The topological polar surface area (TPSA) is 63.2 Å². The highest BCUT2D eigenvalue weighted by molar-refractivity contribution is 6.04. The maximum Gasteiger partial charge on any atom is 0.257 e. The van der Waals surface area contributed by atoms with E-state index < -0.39 is 0 Å². The molecule has 2 N–H and O–H groups in total. The molecular weight excluding hydrogens is 326 g/mol. The number of nitrogens with zero attached hydrogens (tertiary/aromatic N) is 1. The van der Waals surface area contributed by atoms with Crippen LogP contribution in [0.5, 0.6) is 5.75 Å². The average Bonchev–Trinajstić information content (AvgIpc) is 2.65. The fourth-order valence-electron chi connectivity index (χ4n) is 2.52. The van der Waals surface area contributed by atoms with Gasteiger partial charge in [0, 0.05) is 23.6 Å². The molecular formula is C21H21N3O2. The Morgan fingerprint density at radius 2 is 1.77 bits per heavy atom. The van der Waals surface area contributed by atoms with Crippen LogP contribution in [0.4, 0.5) is 17.1 Å². The quantitative estimate of drug-likeness (QED) is 0.702. The van der Waals surface area contributed by atoms with Crippen LogP contribution in [0.2, 0.25) is 0 Å². The van der Waals surface area contributed by atoms with Crippen LogP contribution in [-0.4, -0.2) is 18.0 Å². The molecule has 0 bridgehead atoms. The number of aromatic nitrogens is 1. The van der Waals surface area contributed by atoms with Gasteiger partial charge < -0.3 is 15.4 Å². The van der Waals surface area contributed by atoms with Crippen molar-refractivity contribution in [2.24, 2.45) is 0 Å². The minimum Gasteiger partial charge on any atom is -0.497 e. The van der Waals surface area contributed by atoms with E-state index in [0.29, 0.717) is 17.0 Å². The second-order valence-electron chi connectivity index (χ2n) is 6.07. The van der Waals surface area contributed by atoms with Crippen molar-refractivity contribution in [3.05, 3.63) is 77.6 Å². The number of methoxy groups -OCH3 is 1. The number of pyridine rings is 1. The molecule has 0 atom stereocenters. The van der Waals surface area contributed by atoms with E-state index in [-0.39, 0.29) is 5.91 Å². The lowest BCUT2D eigenvalue weighted by atomic mass is 10.1. The molecule has 0 radical (unpaired) electrons. The number of rotatable bonds is 5. The fourth-order valence-corrected chi connectivity index (χ4v) is 2.52. The summed E-state index contributed by atoms with van der Waals surface area (Å²) in [5.74, 6) is 0.459. The van der Waals surface area contributed by atoms with Crippen LogP contribution in [0.3, 0.4) is 0 Å². The van der Waals surface area contributed by atoms with Crippen molar-refractivity contribution in [3.63, 3.8) is 0 Å². The lowest BCUT2D eigenvalue weighted by Gasteiger charge is -2.10. The molecule has 5 heteroatoms. The van der Waals surface area contributed by atoms with Crippen molar-refractivity contribution < 1.29 is 9.53 Å². The molecule has 1 aromatic heterocycles. The van der Waals surface area contributed by atoms with Crippen molar-refractivity contribution in [1.29, 1.82) is 0 Å². The molecule has 26 heavy (non-hydrogen) atoms. The maximum atomic E-state index is 12.5. The van der Waals surface area contributed by atoms with Gasteiger partial charge in [-0.2, -0.15) is 0 Å². The van der Waals surface area contributed by atoms with Gasteiger partial charge in [-0.25, -0.2) is 0 Å². The number of carbonyl (C=O) groups is 1. The number of anilines is 3. The maximum absolute atomic E-state index is 12.5. The molecule has 3 rings (SSSR count). The minimum absolute atomic E-state index is 0.227. The number of carbonyl (C=O) groups excluding carboxylic acids is 1. The number of nitrogens with one attached hydrogen (secondary N) is 2. The largest absolute Gasteiger partial charge is 0.497 e. The zero-order valence-electron chi connectivity index (χ0n) is 15.0. The Bertz CT molecular complexity index is 938. The van der Waals surface area contributed by atoms with Crippen molar-refractivity contribution in [2.45, 2.75) is 13.8 Å². The number of hydrogen-bond acceptors (Lipinski definition) is 4.